The Morgan fingerprint density at radius 3 is 1.66 bits per heavy atom. The average Bonchev–Trinajstić information content (AvgIpc) is 3.13. The van der Waals surface area contributed by atoms with Crippen LogP contribution in [-0.4, -0.2) is 111 Å². The van der Waals surface area contributed by atoms with E-state index < -0.39 is 132 Å². The van der Waals surface area contributed by atoms with Gasteiger partial charge in [0.2, 0.25) is 41.4 Å². The van der Waals surface area contributed by atoms with Crippen LogP contribution in [0, 0.1) is 11.8 Å². The molecule has 0 aromatic heterocycles. The molecule has 58 heavy (non-hydrogen) atoms. The highest BCUT2D eigenvalue weighted by Crippen LogP contribution is 2.38. The molecule has 318 valence electrons. The Balaban J connectivity index is 2.28. The molecule has 0 unspecified atom stereocenters. The second-order valence-electron chi connectivity index (χ2n) is 14.5. The Hall–Kier alpha value is -6.44. The first-order valence-electron chi connectivity index (χ1n) is 18.4. The lowest BCUT2D eigenvalue weighted by atomic mass is 9.91. The van der Waals surface area contributed by atoms with Crippen LogP contribution >= 0.6 is 0 Å². The summed E-state index contributed by atoms with van der Waals surface area (Å²) < 4.78 is 0. The smallest absolute Gasteiger partial charge is 0.305 e. The van der Waals surface area contributed by atoms with E-state index in [-0.39, 0.29) is 12.0 Å². The van der Waals surface area contributed by atoms with Crippen LogP contribution in [0.1, 0.15) is 65.0 Å². The number of carbonyl (C=O) groups is 8. The van der Waals surface area contributed by atoms with Gasteiger partial charge in [-0.2, -0.15) is 0 Å². The summed E-state index contributed by atoms with van der Waals surface area (Å²) in [4.78, 5) is 103. The van der Waals surface area contributed by atoms with Gasteiger partial charge in [-0.15, -0.1) is 0 Å². The molecule has 0 saturated heterocycles. The predicted octanol–water partition coefficient (Wildman–Crippen LogP) is -1.69. The van der Waals surface area contributed by atoms with Crippen molar-refractivity contribution < 1.29 is 58.8 Å². The number of hydrogen-bond acceptors (Lipinski definition) is 12. The van der Waals surface area contributed by atoms with Crippen LogP contribution in [0.2, 0.25) is 0 Å². The molecule has 7 atom stereocenters. The Morgan fingerprint density at radius 2 is 1.14 bits per heavy atom. The number of nitrogens with two attached hydrogens (primary N) is 2. The number of nitrogens with one attached hydrogen (secondary N) is 6. The van der Waals surface area contributed by atoms with E-state index in [9.17, 15) is 58.8 Å². The lowest BCUT2D eigenvalue weighted by Crippen LogP contribution is -2.61. The summed E-state index contributed by atoms with van der Waals surface area (Å²) >= 11 is 0. The molecule has 7 amide bonds. The Labute approximate surface area is 334 Å². The van der Waals surface area contributed by atoms with Crippen molar-refractivity contribution in [2.45, 2.75) is 96.6 Å². The molecule has 0 aliphatic heterocycles. The summed E-state index contributed by atoms with van der Waals surface area (Å²) in [5.74, 6) is -11.2. The number of primary amides is 1. The van der Waals surface area contributed by atoms with E-state index in [2.05, 4.69) is 31.9 Å². The fourth-order valence-corrected chi connectivity index (χ4v) is 5.72. The summed E-state index contributed by atoms with van der Waals surface area (Å²) in [5, 5.41) is 54.3. The third kappa shape index (κ3) is 14.3. The van der Waals surface area contributed by atoms with Gasteiger partial charge in [-0.25, -0.2) is 0 Å². The lowest BCUT2D eigenvalue weighted by Gasteiger charge is -2.29. The number of benzene rings is 2. The Bertz CT molecular complexity index is 1800. The summed E-state index contributed by atoms with van der Waals surface area (Å²) in [6.07, 6.45) is -1.09. The predicted molar refractivity (Wildman–Crippen MR) is 207 cm³/mol. The molecule has 0 aliphatic carbocycles. The highest BCUT2D eigenvalue weighted by Gasteiger charge is 2.35. The molecular formula is C38H54N8O12. The first-order valence-corrected chi connectivity index (χ1v) is 18.4. The van der Waals surface area contributed by atoms with E-state index in [0.29, 0.717) is 5.56 Å². The quantitative estimate of drug-likeness (QED) is 0.0670. The number of aromatic hydroxyl groups is 3. The minimum absolute atomic E-state index is 0.123. The summed E-state index contributed by atoms with van der Waals surface area (Å²) in [5.41, 5.74) is 11.6. The molecule has 20 heteroatoms. The third-order valence-electron chi connectivity index (χ3n) is 9.03. The van der Waals surface area contributed by atoms with E-state index in [0.717, 1.165) is 12.1 Å². The van der Waals surface area contributed by atoms with Crippen LogP contribution in [0.3, 0.4) is 0 Å². The molecule has 2 rings (SSSR count). The first-order chi connectivity index (χ1) is 27.0. The molecule has 0 heterocycles. The number of phenolic OH excluding ortho intramolecular Hbond substituents is 3. The molecular weight excluding hydrogens is 760 g/mol. The number of rotatable bonds is 21. The van der Waals surface area contributed by atoms with E-state index in [1.54, 1.807) is 58.0 Å². The van der Waals surface area contributed by atoms with Crippen LogP contribution in [0.15, 0.2) is 42.5 Å². The average molecular weight is 815 g/mol. The molecule has 2 aromatic rings. The van der Waals surface area contributed by atoms with E-state index in [4.69, 9.17) is 11.5 Å². The van der Waals surface area contributed by atoms with E-state index >= 15 is 0 Å². The van der Waals surface area contributed by atoms with Gasteiger partial charge in [0, 0.05) is 30.0 Å². The van der Waals surface area contributed by atoms with Crippen LogP contribution in [0.4, 0.5) is 0 Å². The highest BCUT2D eigenvalue weighted by atomic mass is 16.4. The lowest BCUT2D eigenvalue weighted by molar-refractivity contribution is -0.141. The van der Waals surface area contributed by atoms with Gasteiger partial charge in [0.25, 0.3) is 0 Å². The molecule has 0 saturated carbocycles. The Kier molecular flexibility index (Phi) is 17.9. The van der Waals surface area contributed by atoms with Crippen molar-refractivity contribution in [3.8, 4) is 17.2 Å². The SMILES string of the molecule is CC(C)[C@H](NC(=O)[C@H](CC(=O)O)NC(=O)[C@H](Cc1ccccc1)NC(=O)[C@@H](C)NC(=O)[C@@H](N)[C@H](C)c1c(O)cc(O)cc1O)C(=O)N[C@H](C(=O)NCC(N)=O)C(C)C. The molecule has 2 aromatic carbocycles. The number of phenols is 3. The normalized spacial score (nSPS) is 14.7. The largest absolute Gasteiger partial charge is 0.508 e. The zero-order chi connectivity index (χ0) is 44.0. The summed E-state index contributed by atoms with van der Waals surface area (Å²) in [6, 6.07) is 1.85. The van der Waals surface area contributed by atoms with Crippen molar-refractivity contribution in [3.05, 3.63) is 53.6 Å². The summed E-state index contributed by atoms with van der Waals surface area (Å²) in [7, 11) is 0. The van der Waals surface area contributed by atoms with E-state index in [1.165, 1.54) is 13.8 Å². The first kappa shape index (κ1) is 47.7. The van der Waals surface area contributed by atoms with Crippen molar-refractivity contribution in [2.75, 3.05) is 6.54 Å². The van der Waals surface area contributed by atoms with Gasteiger partial charge in [0.05, 0.1) is 19.0 Å². The number of carbonyl (C=O) groups excluding carboxylic acids is 7. The van der Waals surface area contributed by atoms with Gasteiger partial charge in [0.1, 0.15) is 47.5 Å². The van der Waals surface area contributed by atoms with Crippen LogP contribution in [0.25, 0.3) is 0 Å². The molecule has 0 spiro atoms. The zero-order valence-corrected chi connectivity index (χ0v) is 33.1. The molecule has 0 fully saturated rings. The maximum Gasteiger partial charge on any atom is 0.305 e. The third-order valence-corrected chi connectivity index (χ3v) is 9.03. The number of aliphatic carboxylic acids is 1. The standard InChI is InChI=1S/C38H54N8O12/c1-17(2)31(37(57)41-16-27(39)50)46-38(58)32(18(3)4)45-35(55)24(15-28(51)52)44-34(54)23(12-21-10-8-7-9-11-21)43-33(53)20(6)42-36(56)30(40)19(5)29-25(48)13-22(47)14-26(29)49/h7-11,13-14,17-20,23-24,30-32,47-49H,12,15-16,40H2,1-6H3,(H2,39,50)(H,41,57)(H,42,56)(H,43,53)(H,44,54)(H,45,55)(H,46,58)(H,51,52)/t19-,20-,23+,24+,30+,31+,32+/m1/s1. The maximum atomic E-state index is 13.8. The monoisotopic (exact) mass is 814 g/mol. The van der Waals surface area contributed by atoms with Crippen molar-refractivity contribution in [1.82, 2.24) is 31.9 Å². The van der Waals surface area contributed by atoms with Crippen LogP contribution in [0.5, 0.6) is 17.2 Å². The van der Waals surface area contributed by atoms with Gasteiger partial charge in [-0.1, -0.05) is 65.0 Å². The van der Waals surface area contributed by atoms with Crippen molar-refractivity contribution in [2.24, 2.45) is 23.3 Å². The highest BCUT2D eigenvalue weighted by molar-refractivity contribution is 5.98. The number of amides is 7. The van der Waals surface area contributed by atoms with Gasteiger partial charge in [-0.05, 0) is 24.3 Å². The van der Waals surface area contributed by atoms with Gasteiger partial charge in [-0.3, -0.25) is 38.4 Å². The minimum Gasteiger partial charge on any atom is -0.508 e. The molecule has 14 N–H and O–H groups in total. The molecule has 0 bridgehead atoms. The number of carboxylic acid groups (broad SMARTS) is 1. The van der Waals surface area contributed by atoms with Gasteiger partial charge < -0.3 is 63.8 Å². The molecule has 20 nitrogen and oxygen atoms in total. The molecule has 0 radical (unpaired) electrons. The van der Waals surface area contributed by atoms with Crippen molar-refractivity contribution >= 4 is 47.3 Å². The summed E-state index contributed by atoms with van der Waals surface area (Å²) in [6.45, 7) is 8.65. The fraction of sp³-hybridized carbons (Fsp3) is 0.474. The molecule has 0 aliphatic rings. The zero-order valence-electron chi connectivity index (χ0n) is 33.1. The van der Waals surface area contributed by atoms with Crippen molar-refractivity contribution in [1.29, 1.82) is 0 Å². The minimum atomic E-state index is -1.77. The number of hydrogen-bond donors (Lipinski definition) is 12. The second-order valence-corrected chi connectivity index (χ2v) is 14.5. The number of carboxylic acids is 1. The topological polar surface area (TPSA) is 342 Å². The Morgan fingerprint density at radius 1 is 0.638 bits per heavy atom. The van der Waals surface area contributed by atoms with Crippen LogP contribution in [-0.2, 0) is 44.8 Å². The second kappa shape index (κ2) is 21.8. The fourth-order valence-electron chi connectivity index (χ4n) is 5.72. The maximum absolute atomic E-state index is 13.8. The van der Waals surface area contributed by atoms with Crippen molar-refractivity contribution in [3.63, 3.8) is 0 Å². The van der Waals surface area contributed by atoms with Crippen LogP contribution < -0.4 is 43.4 Å². The van der Waals surface area contributed by atoms with Gasteiger partial charge >= 0.3 is 5.97 Å². The van der Waals surface area contributed by atoms with Gasteiger partial charge in [0.15, 0.2) is 0 Å². The van der Waals surface area contributed by atoms with E-state index in [1.807, 2.05) is 0 Å².